The van der Waals surface area contributed by atoms with Crippen molar-refractivity contribution in [3.8, 4) is 0 Å². The first kappa shape index (κ1) is 14.8. The third-order valence-electron chi connectivity index (χ3n) is 2.62. The fourth-order valence-corrected chi connectivity index (χ4v) is 1.77. The van der Waals surface area contributed by atoms with Crippen LogP contribution in [0, 0.1) is 5.92 Å². The predicted molar refractivity (Wildman–Crippen MR) is 67.4 cm³/mol. The van der Waals surface area contributed by atoms with Crippen LogP contribution in [0.1, 0.15) is 25.8 Å². The second kappa shape index (κ2) is 6.09. The molecule has 5 heteroatoms. The summed E-state index contributed by atoms with van der Waals surface area (Å²) in [6.45, 7) is 4.62. The molecule has 0 bridgehead atoms. The van der Waals surface area contributed by atoms with Gasteiger partial charge in [-0.1, -0.05) is 13.8 Å². The largest absolute Gasteiger partial charge is 0.416 e. The maximum absolute atomic E-state index is 12.4. The standard InChI is InChI=1S/C13H19F3N2/c1-9(2)7-12(8-17)18-11-5-3-10(4-6-11)13(14,15)16/h3-6,9,12,18H,7-8,17H2,1-2H3. The van der Waals surface area contributed by atoms with Gasteiger partial charge in [0.25, 0.3) is 0 Å². The predicted octanol–water partition coefficient (Wildman–Crippen LogP) is 3.49. The Labute approximate surface area is 105 Å². The lowest BCUT2D eigenvalue weighted by atomic mass is 10.0. The summed E-state index contributed by atoms with van der Waals surface area (Å²) in [5, 5.41) is 3.15. The first-order chi connectivity index (χ1) is 8.32. The minimum atomic E-state index is -4.29. The van der Waals surface area contributed by atoms with E-state index in [1.807, 2.05) is 0 Å². The van der Waals surface area contributed by atoms with Crippen molar-refractivity contribution in [3.63, 3.8) is 0 Å². The average Bonchev–Trinajstić information content (AvgIpc) is 2.27. The molecule has 18 heavy (non-hydrogen) atoms. The molecule has 1 aromatic rings. The summed E-state index contributed by atoms with van der Waals surface area (Å²) in [4.78, 5) is 0. The van der Waals surface area contributed by atoms with Gasteiger partial charge < -0.3 is 11.1 Å². The minimum Gasteiger partial charge on any atom is -0.381 e. The molecule has 1 atom stereocenters. The molecule has 1 rings (SSSR count). The third kappa shape index (κ3) is 4.56. The number of nitrogens with one attached hydrogen (secondary N) is 1. The summed E-state index contributed by atoms with van der Waals surface area (Å²) in [5.74, 6) is 0.487. The maximum atomic E-state index is 12.4. The molecule has 0 aliphatic heterocycles. The van der Waals surface area contributed by atoms with Gasteiger partial charge in [0.15, 0.2) is 0 Å². The molecule has 0 saturated carbocycles. The number of alkyl halides is 3. The molecule has 0 spiro atoms. The second-order valence-corrected chi connectivity index (χ2v) is 4.78. The maximum Gasteiger partial charge on any atom is 0.416 e. The number of anilines is 1. The van der Waals surface area contributed by atoms with Crippen molar-refractivity contribution >= 4 is 5.69 Å². The highest BCUT2D eigenvalue weighted by molar-refractivity contribution is 5.46. The van der Waals surface area contributed by atoms with Gasteiger partial charge in [-0.2, -0.15) is 13.2 Å². The third-order valence-corrected chi connectivity index (χ3v) is 2.62. The van der Waals surface area contributed by atoms with Gasteiger partial charge in [-0.25, -0.2) is 0 Å². The number of halogens is 3. The van der Waals surface area contributed by atoms with Crippen LogP contribution in [-0.2, 0) is 6.18 Å². The van der Waals surface area contributed by atoms with Crippen molar-refractivity contribution < 1.29 is 13.2 Å². The molecule has 0 amide bonds. The first-order valence-corrected chi connectivity index (χ1v) is 5.96. The van der Waals surface area contributed by atoms with Crippen LogP contribution in [0.5, 0.6) is 0 Å². The Morgan fingerprint density at radius 1 is 1.17 bits per heavy atom. The van der Waals surface area contributed by atoms with Crippen LogP contribution in [0.15, 0.2) is 24.3 Å². The number of benzene rings is 1. The van der Waals surface area contributed by atoms with E-state index in [2.05, 4.69) is 19.2 Å². The Morgan fingerprint density at radius 3 is 2.11 bits per heavy atom. The van der Waals surface area contributed by atoms with Crippen LogP contribution in [-0.4, -0.2) is 12.6 Å². The van der Waals surface area contributed by atoms with Gasteiger partial charge in [-0.3, -0.25) is 0 Å². The van der Waals surface area contributed by atoms with Crippen LogP contribution < -0.4 is 11.1 Å². The fourth-order valence-electron chi connectivity index (χ4n) is 1.77. The van der Waals surface area contributed by atoms with Crippen LogP contribution in [0.2, 0.25) is 0 Å². The van der Waals surface area contributed by atoms with Gasteiger partial charge in [0.2, 0.25) is 0 Å². The average molecular weight is 260 g/mol. The summed E-state index contributed by atoms with van der Waals surface area (Å²) in [7, 11) is 0. The Balaban J connectivity index is 2.68. The summed E-state index contributed by atoms with van der Waals surface area (Å²) in [6, 6.07) is 5.11. The highest BCUT2D eigenvalue weighted by Crippen LogP contribution is 2.29. The van der Waals surface area contributed by atoms with E-state index in [9.17, 15) is 13.2 Å². The zero-order valence-corrected chi connectivity index (χ0v) is 10.6. The molecule has 1 aromatic carbocycles. The first-order valence-electron chi connectivity index (χ1n) is 5.96. The fraction of sp³-hybridized carbons (Fsp3) is 0.538. The monoisotopic (exact) mass is 260 g/mol. The highest BCUT2D eigenvalue weighted by atomic mass is 19.4. The van der Waals surface area contributed by atoms with E-state index >= 15 is 0 Å². The Kier molecular flexibility index (Phi) is 5.02. The second-order valence-electron chi connectivity index (χ2n) is 4.78. The molecule has 0 saturated heterocycles. The Hall–Kier alpha value is -1.23. The molecular formula is C13H19F3N2. The van der Waals surface area contributed by atoms with Gasteiger partial charge in [-0.15, -0.1) is 0 Å². The van der Waals surface area contributed by atoms with Gasteiger partial charge in [0.1, 0.15) is 0 Å². The van der Waals surface area contributed by atoms with E-state index in [4.69, 9.17) is 5.73 Å². The molecule has 0 aliphatic rings. The van der Waals surface area contributed by atoms with E-state index in [0.29, 0.717) is 18.2 Å². The quantitative estimate of drug-likeness (QED) is 0.850. The van der Waals surface area contributed by atoms with Crippen molar-refractivity contribution in [2.24, 2.45) is 11.7 Å². The molecule has 0 aliphatic carbocycles. The minimum absolute atomic E-state index is 0.0849. The van der Waals surface area contributed by atoms with E-state index in [1.54, 1.807) is 0 Å². The molecule has 0 radical (unpaired) electrons. The topological polar surface area (TPSA) is 38.0 Å². The van der Waals surface area contributed by atoms with Crippen LogP contribution in [0.3, 0.4) is 0 Å². The molecule has 0 aromatic heterocycles. The summed E-state index contributed by atoms with van der Waals surface area (Å²) >= 11 is 0. The molecule has 2 nitrogen and oxygen atoms in total. The molecule has 0 heterocycles. The molecular weight excluding hydrogens is 241 g/mol. The number of hydrogen-bond donors (Lipinski definition) is 2. The van der Waals surface area contributed by atoms with Gasteiger partial charge in [-0.05, 0) is 36.6 Å². The van der Waals surface area contributed by atoms with Crippen molar-refractivity contribution in [1.29, 1.82) is 0 Å². The van der Waals surface area contributed by atoms with Gasteiger partial charge in [0.05, 0.1) is 5.56 Å². The SMILES string of the molecule is CC(C)CC(CN)Nc1ccc(C(F)(F)F)cc1. The van der Waals surface area contributed by atoms with Crippen molar-refractivity contribution in [1.82, 2.24) is 0 Å². The smallest absolute Gasteiger partial charge is 0.381 e. The van der Waals surface area contributed by atoms with Crippen molar-refractivity contribution in [2.75, 3.05) is 11.9 Å². The van der Waals surface area contributed by atoms with Crippen molar-refractivity contribution in [2.45, 2.75) is 32.5 Å². The van der Waals surface area contributed by atoms with E-state index in [0.717, 1.165) is 18.6 Å². The lowest BCUT2D eigenvalue weighted by Crippen LogP contribution is -2.30. The van der Waals surface area contributed by atoms with Gasteiger partial charge >= 0.3 is 6.18 Å². The molecule has 102 valence electrons. The van der Waals surface area contributed by atoms with E-state index in [-0.39, 0.29) is 6.04 Å². The highest BCUT2D eigenvalue weighted by Gasteiger charge is 2.29. The lowest BCUT2D eigenvalue weighted by Gasteiger charge is -2.20. The summed E-state index contributed by atoms with van der Waals surface area (Å²) in [5.41, 5.74) is 5.65. The Bertz CT molecular complexity index is 357. The van der Waals surface area contributed by atoms with Crippen LogP contribution in [0.25, 0.3) is 0 Å². The number of rotatable bonds is 5. The van der Waals surface area contributed by atoms with Crippen molar-refractivity contribution in [3.05, 3.63) is 29.8 Å². The van der Waals surface area contributed by atoms with Gasteiger partial charge in [0, 0.05) is 18.3 Å². The normalized spacial score (nSPS) is 13.7. The Morgan fingerprint density at radius 2 is 1.72 bits per heavy atom. The lowest BCUT2D eigenvalue weighted by molar-refractivity contribution is -0.137. The van der Waals surface area contributed by atoms with E-state index in [1.165, 1.54) is 12.1 Å². The van der Waals surface area contributed by atoms with Crippen LogP contribution in [0.4, 0.5) is 18.9 Å². The molecule has 1 unspecified atom stereocenters. The summed E-state index contributed by atoms with van der Waals surface area (Å²) < 4.78 is 37.1. The zero-order chi connectivity index (χ0) is 13.8. The van der Waals surface area contributed by atoms with E-state index < -0.39 is 11.7 Å². The van der Waals surface area contributed by atoms with Crippen LogP contribution >= 0.6 is 0 Å². The zero-order valence-electron chi connectivity index (χ0n) is 10.6. The molecule has 3 N–H and O–H groups in total. The number of nitrogens with two attached hydrogens (primary N) is 1. The molecule has 0 fully saturated rings. The number of hydrogen-bond acceptors (Lipinski definition) is 2. The summed E-state index contributed by atoms with van der Waals surface area (Å²) in [6.07, 6.45) is -3.40.